The first-order valence-corrected chi connectivity index (χ1v) is 10.0. The van der Waals surface area contributed by atoms with Crippen molar-refractivity contribution in [2.24, 2.45) is 0 Å². The van der Waals surface area contributed by atoms with E-state index in [-0.39, 0.29) is 5.91 Å². The summed E-state index contributed by atoms with van der Waals surface area (Å²) in [5.41, 5.74) is 4.33. The molecule has 1 N–H and O–H groups in total. The second-order valence-corrected chi connectivity index (χ2v) is 7.53. The summed E-state index contributed by atoms with van der Waals surface area (Å²) in [5, 5.41) is 3.05. The molecule has 0 saturated carbocycles. The van der Waals surface area contributed by atoms with Crippen LogP contribution in [0.5, 0.6) is 11.5 Å². The van der Waals surface area contributed by atoms with E-state index in [1.807, 2.05) is 37.3 Å². The molecule has 1 saturated heterocycles. The fourth-order valence-electron chi connectivity index (χ4n) is 3.63. The normalized spacial score (nSPS) is 15.2. The number of nitrogens with one attached hydrogen (secondary N) is 1. The lowest BCUT2D eigenvalue weighted by Crippen LogP contribution is -2.48. The Balaban J connectivity index is 1.50. The Hall–Kier alpha value is -2.57. The SMILES string of the molecule is COc1ccc(OC)c(CN2CCN(CC(=O)Nc3cccc(C)c3C)CC2)c1. The third-order valence-corrected chi connectivity index (χ3v) is 5.59. The number of carbonyl (C=O) groups excluding carboxylic acids is 1. The molecule has 0 spiro atoms. The van der Waals surface area contributed by atoms with Crippen LogP contribution in [0.3, 0.4) is 0 Å². The number of rotatable bonds is 7. The molecule has 6 nitrogen and oxygen atoms in total. The predicted octanol–water partition coefficient (Wildman–Crippen LogP) is 3.08. The Kier molecular flexibility index (Phi) is 7.12. The molecule has 1 amide bonds. The van der Waals surface area contributed by atoms with Crippen LogP contribution in [0.1, 0.15) is 16.7 Å². The van der Waals surface area contributed by atoms with Gasteiger partial charge in [0.1, 0.15) is 11.5 Å². The molecule has 3 rings (SSSR count). The van der Waals surface area contributed by atoms with Crippen LogP contribution < -0.4 is 14.8 Å². The largest absolute Gasteiger partial charge is 0.497 e. The molecule has 0 radical (unpaired) electrons. The van der Waals surface area contributed by atoms with Gasteiger partial charge < -0.3 is 14.8 Å². The van der Waals surface area contributed by atoms with Crippen LogP contribution in [-0.2, 0) is 11.3 Å². The van der Waals surface area contributed by atoms with Gasteiger partial charge in [0.05, 0.1) is 20.8 Å². The Labute approximate surface area is 173 Å². The Morgan fingerprint density at radius 1 is 1.00 bits per heavy atom. The van der Waals surface area contributed by atoms with Crippen LogP contribution >= 0.6 is 0 Å². The number of aryl methyl sites for hydroxylation is 1. The van der Waals surface area contributed by atoms with Gasteiger partial charge in [-0.1, -0.05) is 12.1 Å². The van der Waals surface area contributed by atoms with E-state index in [0.29, 0.717) is 6.54 Å². The first-order valence-electron chi connectivity index (χ1n) is 10.0. The Morgan fingerprint density at radius 3 is 2.41 bits per heavy atom. The van der Waals surface area contributed by atoms with Gasteiger partial charge in [0, 0.05) is 44.0 Å². The molecule has 29 heavy (non-hydrogen) atoms. The first-order chi connectivity index (χ1) is 14.0. The number of ether oxygens (including phenoxy) is 2. The van der Waals surface area contributed by atoms with Gasteiger partial charge in [0.25, 0.3) is 0 Å². The average molecular weight is 398 g/mol. The van der Waals surface area contributed by atoms with Crippen LogP contribution in [-0.4, -0.2) is 62.7 Å². The van der Waals surface area contributed by atoms with Gasteiger partial charge in [-0.3, -0.25) is 14.6 Å². The van der Waals surface area contributed by atoms with Crippen molar-refractivity contribution in [3.05, 3.63) is 53.1 Å². The van der Waals surface area contributed by atoms with Crippen molar-refractivity contribution < 1.29 is 14.3 Å². The molecule has 0 unspecified atom stereocenters. The van der Waals surface area contributed by atoms with E-state index in [4.69, 9.17) is 9.47 Å². The predicted molar refractivity (Wildman–Crippen MR) is 116 cm³/mol. The minimum absolute atomic E-state index is 0.0432. The topological polar surface area (TPSA) is 54.0 Å². The minimum atomic E-state index is 0.0432. The zero-order valence-corrected chi connectivity index (χ0v) is 17.8. The number of anilines is 1. The van der Waals surface area contributed by atoms with E-state index in [2.05, 4.69) is 28.1 Å². The molecular weight excluding hydrogens is 366 g/mol. The van der Waals surface area contributed by atoms with Crippen molar-refractivity contribution in [3.8, 4) is 11.5 Å². The average Bonchev–Trinajstić information content (AvgIpc) is 2.72. The number of hydrogen-bond donors (Lipinski definition) is 1. The second kappa shape index (κ2) is 9.76. The highest BCUT2D eigenvalue weighted by molar-refractivity contribution is 5.93. The molecular formula is C23H31N3O3. The maximum Gasteiger partial charge on any atom is 0.238 e. The Morgan fingerprint density at radius 2 is 1.72 bits per heavy atom. The molecule has 0 atom stereocenters. The monoisotopic (exact) mass is 397 g/mol. The standard InChI is InChI=1S/C23H31N3O3/c1-17-6-5-7-21(18(17)2)24-23(27)16-26-12-10-25(11-13-26)15-19-14-20(28-3)8-9-22(19)29-4/h5-9,14H,10-13,15-16H2,1-4H3,(H,24,27). The number of nitrogens with zero attached hydrogens (tertiary/aromatic N) is 2. The van der Waals surface area contributed by atoms with Gasteiger partial charge in [-0.2, -0.15) is 0 Å². The van der Waals surface area contributed by atoms with Crippen LogP contribution in [0.25, 0.3) is 0 Å². The molecule has 0 aromatic heterocycles. The van der Waals surface area contributed by atoms with Gasteiger partial charge in [0.2, 0.25) is 5.91 Å². The third-order valence-electron chi connectivity index (χ3n) is 5.59. The lowest BCUT2D eigenvalue weighted by atomic mass is 10.1. The zero-order valence-electron chi connectivity index (χ0n) is 17.8. The molecule has 1 fully saturated rings. The van der Waals surface area contributed by atoms with Crippen LogP contribution in [0.4, 0.5) is 5.69 Å². The van der Waals surface area contributed by atoms with E-state index in [1.54, 1.807) is 14.2 Å². The van der Waals surface area contributed by atoms with Gasteiger partial charge in [-0.05, 0) is 49.2 Å². The Bertz CT molecular complexity index is 845. The summed E-state index contributed by atoms with van der Waals surface area (Å²) in [6, 6.07) is 11.9. The summed E-state index contributed by atoms with van der Waals surface area (Å²) >= 11 is 0. The molecule has 2 aromatic rings. The number of piperazine rings is 1. The number of benzene rings is 2. The molecule has 2 aromatic carbocycles. The number of methoxy groups -OCH3 is 2. The lowest BCUT2D eigenvalue weighted by Gasteiger charge is -2.34. The molecule has 0 bridgehead atoms. The van der Waals surface area contributed by atoms with Gasteiger partial charge in [-0.25, -0.2) is 0 Å². The fourth-order valence-corrected chi connectivity index (χ4v) is 3.63. The number of hydrogen-bond acceptors (Lipinski definition) is 5. The van der Waals surface area contributed by atoms with Crippen molar-refractivity contribution in [2.45, 2.75) is 20.4 Å². The van der Waals surface area contributed by atoms with Crippen LogP contribution in [0.2, 0.25) is 0 Å². The van der Waals surface area contributed by atoms with Crippen LogP contribution in [0, 0.1) is 13.8 Å². The highest BCUT2D eigenvalue weighted by Crippen LogP contribution is 2.25. The number of carbonyl (C=O) groups is 1. The van der Waals surface area contributed by atoms with Crippen LogP contribution in [0.15, 0.2) is 36.4 Å². The van der Waals surface area contributed by atoms with E-state index in [9.17, 15) is 4.79 Å². The molecule has 1 aliphatic rings. The third kappa shape index (κ3) is 5.49. The molecule has 6 heteroatoms. The summed E-state index contributed by atoms with van der Waals surface area (Å²) in [6.07, 6.45) is 0. The minimum Gasteiger partial charge on any atom is -0.497 e. The van der Waals surface area contributed by atoms with Crippen molar-refractivity contribution >= 4 is 11.6 Å². The first kappa shape index (κ1) is 21.1. The maximum absolute atomic E-state index is 12.5. The van der Waals surface area contributed by atoms with E-state index in [1.165, 1.54) is 5.56 Å². The highest BCUT2D eigenvalue weighted by Gasteiger charge is 2.20. The van der Waals surface area contributed by atoms with Crippen molar-refractivity contribution in [1.29, 1.82) is 0 Å². The summed E-state index contributed by atoms with van der Waals surface area (Å²) in [7, 11) is 3.37. The zero-order chi connectivity index (χ0) is 20.8. The lowest BCUT2D eigenvalue weighted by molar-refractivity contribution is -0.117. The van der Waals surface area contributed by atoms with Crippen molar-refractivity contribution in [1.82, 2.24) is 9.80 Å². The molecule has 1 heterocycles. The molecule has 156 valence electrons. The van der Waals surface area contributed by atoms with Crippen molar-refractivity contribution in [3.63, 3.8) is 0 Å². The maximum atomic E-state index is 12.5. The summed E-state index contributed by atoms with van der Waals surface area (Å²) in [4.78, 5) is 17.1. The summed E-state index contributed by atoms with van der Waals surface area (Å²) in [6.45, 7) is 8.89. The quantitative estimate of drug-likeness (QED) is 0.778. The molecule has 1 aliphatic heterocycles. The second-order valence-electron chi connectivity index (χ2n) is 7.53. The summed E-state index contributed by atoms with van der Waals surface area (Å²) in [5.74, 6) is 1.75. The van der Waals surface area contributed by atoms with Crippen molar-refractivity contribution in [2.75, 3.05) is 52.3 Å². The fraction of sp³-hybridized carbons (Fsp3) is 0.435. The van der Waals surface area contributed by atoms with Gasteiger partial charge >= 0.3 is 0 Å². The number of amides is 1. The van der Waals surface area contributed by atoms with E-state index in [0.717, 1.165) is 61.0 Å². The summed E-state index contributed by atoms with van der Waals surface area (Å²) < 4.78 is 10.8. The highest BCUT2D eigenvalue weighted by atomic mass is 16.5. The smallest absolute Gasteiger partial charge is 0.238 e. The van der Waals surface area contributed by atoms with Gasteiger partial charge in [-0.15, -0.1) is 0 Å². The molecule has 0 aliphatic carbocycles. The van der Waals surface area contributed by atoms with E-state index >= 15 is 0 Å². The van der Waals surface area contributed by atoms with Gasteiger partial charge in [0.15, 0.2) is 0 Å². The van der Waals surface area contributed by atoms with E-state index < -0.39 is 0 Å².